The predicted octanol–water partition coefficient (Wildman–Crippen LogP) is 18.2. The first kappa shape index (κ1) is 42.2. The highest BCUT2D eigenvalue weighted by atomic mass is 16.3. The summed E-state index contributed by atoms with van der Waals surface area (Å²) in [6.45, 7) is 0. The SMILES string of the molecule is c1ccc(-c2nc(-c3ccccc3)nc(-c3cc(-n4c5ccccc5c5cc(-c6ccc7c(c6)oc6ccccc67)ccc54)cc(-n4c5ccccc5c5cc(-c6ccc7c(c6)oc6ccccc67)ccc54)c3)n2)cc1. The molecular weight excluding hydrogens is 931 g/mol. The minimum atomic E-state index is 0.573. The number of fused-ring (bicyclic) bond motifs is 12. The van der Waals surface area contributed by atoms with Crippen LogP contribution >= 0.6 is 0 Å². The minimum Gasteiger partial charge on any atom is -0.456 e. The van der Waals surface area contributed by atoms with E-state index in [0.717, 1.165) is 138 Å². The van der Waals surface area contributed by atoms with E-state index < -0.39 is 0 Å². The number of furan rings is 2. The molecule has 11 aromatic carbocycles. The highest BCUT2D eigenvalue weighted by Gasteiger charge is 2.21. The molecule has 0 N–H and O–H groups in total. The molecule has 0 saturated carbocycles. The maximum absolute atomic E-state index is 6.37. The lowest BCUT2D eigenvalue weighted by atomic mass is 10.0. The van der Waals surface area contributed by atoms with Crippen LogP contribution in [0.1, 0.15) is 0 Å². The van der Waals surface area contributed by atoms with Crippen molar-refractivity contribution in [3.05, 3.63) is 249 Å². The molecule has 0 fully saturated rings. The normalized spacial score (nSPS) is 11.9. The molecule has 0 atom stereocenters. The first-order chi connectivity index (χ1) is 37.6. The Morgan fingerprint density at radius 2 is 0.579 bits per heavy atom. The summed E-state index contributed by atoms with van der Waals surface area (Å²) >= 11 is 0. The molecule has 5 aromatic heterocycles. The van der Waals surface area contributed by atoms with Crippen molar-refractivity contribution in [3.8, 4) is 67.8 Å². The zero-order valence-corrected chi connectivity index (χ0v) is 40.7. The van der Waals surface area contributed by atoms with Gasteiger partial charge in [-0.05, 0) is 113 Å². The van der Waals surface area contributed by atoms with E-state index in [1.54, 1.807) is 0 Å². The van der Waals surface area contributed by atoms with Gasteiger partial charge >= 0.3 is 0 Å². The van der Waals surface area contributed by atoms with Gasteiger partial charge in [0.05, 0.1) is 22.1 Å². The van der Waals surface area contributed by atoms with Gasteiger partial charge in [0.2, 0.25) is 0 Å². The van der Waals surface area contributed by atoms with Crippen LogP contribution in [0.5, 0.6) is 0 Å². The molecule has 0 amide bonds. The van der Waals surface area contributed by atoms with Gasteiger partial charge in [0, 0.05) is 71.2 Å². The maximum atomic E-state index is 6.37. The monoisotopic (exact) mass is 971 g/mol. The Hall–Kier alpha value is -10.4. The molecule has 0 aliphatic carbocycles. The predicted molar refractivity (Wildman–Crippen MR) is 310 cm³/mol. The van der Waals surface area contributed by atoms with Crippen molar-refractivity contribution in [2.75, 3.05) is 0 Å². The summed E-state index contributed by atoms with van der Waals surface area (Å²) < 4.78 is 17.5. The third-order valence-corrected chi connectivity index (χ3v) is 15.1. The summed E-state index contributed by atoms with van der Waals surface area (Å²) in [6.07, 6.45) is 0. The molecule has 7 heteroatoms. The smallest absolute Gasteiger partial charge is 0.164 e. The molecule has 7 nitrogen and oxygen atoms in total. The van der Waals surface area contributed by atoms with Gasteiger partial charge in [-0.3, -0.25) is 0 Å². The second-order valence-electron chi connectivity index (χ2n) is 19.6. The summed E-state index contributed by atoms with van der Waals surface area (Å²) in [5.74, 6) is 1.78. The number of para-hydroxylation sites is 4. The first-order valence-corrected chi connectivity index (χ1v) is 25.6. The molecule has 354 valence electrons. The number of benzene rings is 11. The highest BCUT2D eigenvalue weighted by Crippen LogP contribution is 2.42. The molecule has 76 heavy (non-hydrogen) atoms. The van der Waals surface area contributed by atoms with Crippen molar-refractivity contribution < 1.29 is 8.83 Å². The van der Waals surface area contributed by atoms with Gasteiger partial charge in [0.1, 0.15) is 22.3 Å². The molecule has 5 heterocycles. The Balaban J connectivity index is 0.924. The van der Waals surface area contributed by atoms with E-state index in [4.69, 9.17) is 23.8 Å². The van der Waals surface area contributed by atoms with Crippen molar-refractivity contribution in [2.45, 2.75) is 0 Å². The quantitative estimate of drug-likeness (QED) is 0.159. The lowest BCUT2D eigenvalue weighted by Crippen LogP contribution is -2.03. The van der Waals surface area contributed by atoms with Crippen molar-refractivity contribution >= 4 is 87.5 Å². The zero-order chi connectivity index (χ0) is 49.8. The van der Waals surface area contributed by atoms with Gasteiger partial charge < -0.3 is 18.0 Å². The van der Waals surface area contributed by atoms with E-state index in [1.807, 2.05) is 60.7 Å². The highest BCUT2D eigenvalue weighted by molar-refractivity contribution is 6.13. The van der Waals surface area contributed by atoms with Gasteiger partial charge in [0.25, 0.3) is 0 Å². The number of nitrogens with zero attached hydrogens (tertiary/aromatic N) is 5. The van der Waals surface area contributed by atoms with Gasteiger partial charge in [-0.2, -0.15) is 0 Å². The number of rotatable bonds is 7. The van der Waals surface area contributed by atoms with Crippen LogP contribution in [0.25, 0.3) is 155 Å². The minimum absolute atomic E-state index is 0.573. The van der Waals surface area contributed by atoms with E-state index in [9.17, 15) is 0 Å². The van der Waals surface area contributed by atoms with Crippen LogP contribution in [0.3, 0.4) is 0 Å². The van der Waals surface area contributed by atoms with Crippen molar-refractivity contribution in [1.29, 1.82) is 0 Å². The van der Waals surface area contributed by atoms with Gasteiger partial charge in [-0.15, -0.1) is 0 Å². The molecule has 16 aromatic rings. The summed E-state index contributed by atoms with van der Waals surface area (Å²) in [4.78, 5) is 15.7. The fourth-order valence-corrected chi connectivity index (χ4v) is 11.6. The van der Waals surface area contributed by atoms with Gasteiger partial charge in [-0.25, -0.2) is 15.0 Å². The Labute approximate surface area is 434 Å². The maximum Gasteiger partial charge on any atom is 0.164 e. The lowest BCUT2D eigenvalue weighted by molar-refractivity contribution is 0.668. The number of hydrogen-bond acceptors (Lipinski definition) is 5. The van der Waals surface area contributed by atoms with E-state index in [2.05, 4.69) is 197 Å². The largest absolute Gasteiger partial charge is 0.456 e. The van der Waals surface area contributed by atoms with Crippen molar-refractivity contribution in [2.24, 2.45) is 0 Å². The van der Waals surface area contributed by atoms with Crippen molar-refractivity contribution in [3.63, 3.8) is 0 Å². The van der Waals surface area contributed by atoms with Crippen LogP contribution in [-0.2, 0) is 0 Å². The molecule has 0 bridgehead atoms. The van der Waals surface area contributed by atoms with Crippen LogP contribution < -0.4 is 0 Å². The molecule has 0 radical (unpaired) electrons. The molecule has 16 rings (SSSR count). The summed E-state index contributed by atoms with van der Waals surface area (Å²) in [6, 6.07) is 87.7. The van der Waals surface area contributed by atoms with E-state index in [1.165, 1.54) is 0 Å². The molecule has 0 aliphatic heterocycles. The Kier molecular flexibility index (Phi) is 9.20. The van der Waals surface area contributed by atoms with E-state index >= 15 is 0 Å². The number of hydrogen-bond donors (Lipinski definition) is 0. The first-order valence-electron chi connectivity index (χ1n) is 25.6. The average Bonchev–Trinajstić information content (AvgIpc) is 4.28. The van der Waals surface area contributed by atoms with E-state index in [-0.39, 0.29) is 0 Å². The summed E-state index contributed by atoms with van der Waals surface area (Å²) in [7, 11) is 0. The average molecular weight is 972 g/mol. The van der Waals surface area contributed by atoms with Gasteiger partial charge in [-0.1, -0.05) is 158 Å². The van der Waals surface area contributed by atoms with Crippen molar-refractivity contribution in [1.82, 2.24) is 24.1 Å². The molecular formula is C69H41N5O2. The fourth-order valence-electron chi connectivity index (χ4n) is 11.6. The summed E-state index contributed by atoms with van der Waals surface area (Å²) in [5, 5.41) is 9.07. The van der Waals surface area contributed by atoms with Crippen LogP contribution in [0.4, 0.5) is 0 Å². The van der Waals surface area contributed by atoms with Crippen LogP contribution in [0.15, 0.2) is 258 Å². The van der Waals surface area contributed by atoms with Crippen LogP contribution in [0.2, 0.25) is 0 Å². The number of aromatic nitrogens is 5. The third-order valence-electron chi connectivity index (χ3n) is 15.1. The van der Waals surface area contributed by atoms with Crippen LogP contribution in [-0.4, -0.2) is 24.1 Å². The summed E-state index contributed by atoms with van der Waals surface area (Å²) in [5.41, 5.74) is 16.9. The molecule has 0 saturated heterocycles. The lowest BCUT2D eigenvalue weighted by Gasteiger charge is -2.16. The van der Waals surface area contributed by atoms with Crippen LogP contribution in [0, 0.1) is 0 Å². The second-order valence-corrected chi connectivity index (χ2v) is 19.6. The third kappa shape index (κ3) is 6.66. The molecule has 0 unspecified atom stereocenters. The van der Waals surface area contributed by atoms with E-state index in [0.29, 0.717) is 17.5 Å². The standard InChI is InChI=1S/C69H41N5O2/c1-3-15-42(16-4-1)67-70-68(43-17-5-2-6-18-43)72-69(71-67)48-35-49(73-59-23-11-7-19-51(59)57-37-44(29-33-61(57)73)46-27-31-55-53-21-9-13-25-63(53)75-65(55)39-46)41-50(36-48)74-60-24-12-8-20-52(60)58-38-45(30-34-62(58)74)47-28-32-56-54-22-10-14-26-64(54)76-66(56)40-47/h1-41H. The fraction of sp³-hybridized carbons (Fsp3) is 0. The zero-order valence-electron chi connectivity index (χ0n) is 40.7. The second kappa shape index (κ2) is 16.6. The molecule has 0 spiro atoms. The molecule has 0 aliphatic rings. The Bertz CT molecular complexity index is 4700. The Morgan fingerprint density at radius 1 is 0.224 bits per heavy atom. The topological polar surface area (TPSA) is 74.8 Å². The Morgan fingerprint density at radius 3 is 1.05 bits per heavy atom. The van der Waals surface area contributed by atoms with Gasteiger partial charge in [0.15, 0.2) is 17.5 Å².